The van der Waals surface area contributed by atoms with Crippen LogP contribution in [-0.2, 0) is 13.7 Å². The predicted molar refractivity (Wildman–Crippen MR) is 142 cm³/mol. The molecule has 2 atom stereocenters. The number of benzene rings is 2. The first-order valence-electron chi connectivity index (χ1n) is 12.7. The molecule has 0 unspecified atom stereocenters. The van der Waals surface area contributed by atoms with Crippen LogP contribution in [-0.4, -0.2) is 55.0 Å². The van der Waals surface area contributed by atoms with Gasteiger partial charge < -0.3 is 20.1 Å². The van der Waals surface area contributed by atoms with Crippen LogP contribution in [0.5, 0.6) is 11.8 Å². The third-order valence-corrected chi connectivity index (χ3v) is 7.53. The van der Waals surface area contributed by atoms with E-state index in [0.29, 0.717) is 28.9 Å². The lowest BCUT2D eigenvalue weighted by atomic mass is 10.0. The molecule has 5 heterocycles. The summed E-state index contributed by atoms with van der Waals surface area (Å²) in [6, 6.07) is 13.4. The molecular weight excluding hydrogens is 485 g/mol. The molecule has 5 aromatic rings. The Kier molecular flexibility index (Phi) is 5.36. The number of hydrogen-bond acceptors (Lipinski definition) is 8. The first-order valence-corrected chi connectivity index (χ1v) is 12.7. The highest BCUT2D eigenvalue weighted by molar-refractivity contribution is 5.99. The van der Waals surface area contributed by atoms with E-state index in [1.807, 2.05) is 37.4 Å². The Morgan fingerprint density at radius 1 is 1.08 bits per heavy atom. The van der Waals surface area contributed by atoms with E-state index in [0.717, 1.165) is 42.4 Å². The van der Waals surface area contributed by atoms with Crippen molar-refractivity contribution in [1.29, 1.82) is 0 Å². The van der Waals surface area contributed by atoms with Gasteiger partial charge in [-0.05, 0) is 41.8 Å². The third-order valence-electron chi connectivity index (χ3n) is 7.53. The largest absolute Gasteiger partial charge is 0.508 e. The van der Waals surface area contributed by atoms with Gasteiger partial charge in [0.1, 0.15) is 29.4 Å². The van der Waals surface area contributed by atoms with E-state index in [2.05, 4.69) is 25.3 Å². The van der Waals surface area contributed by atoms with Gasteiger partial charge in [0.2, 0.25) is 0 Å². The van der Waals surface area contributed by atoms with Gasteiger partial charge in [-0.1, -0.05) is 24.3 Å². The molecule has 2 aliphatic rings. The molecule has 2 fully saturated rings. The Balaban J connectivity index is 1.38. The molecule has 2 aromatic carbocycles. The number of halogens is 1. The van der Waals surface area contributed by atoms with Gasteiger partial charge in [-0.15, -0.1) is 0 Å². The van der Waals surface area contributed by atoms with Crippen molar-refractivity contribution in [2.24, 2.45) is 7.05 Å². The van der Waals surface area contributed by atoms with Crippen LogP contribution in [0, 0.1) is 5.82 Å². The van der Waals surface area contributed by atoms with Crippen LogP contribution in [0.2, 0.25) is 0 Å². The van der Waals surface area contributed by atoms with Crippen molar-refractivity contribution >= 4 is 27.5 Å². The number of phenols is 1. The van der Waals surface area contributed by atoms with Crippen LogP contribution >= 0.6 is 0 Å². The molecule has 2 bridgehead atoms. The molecule has 0 aliphatic carbocycles. The van der Waals surface area contributed by atoms with E-state index in [4.69, 9.17) is 9.72 Å². The number of piperazine rings is 1. The fourth-order valence-corrected chi connectivity index (χ4v) is 5.66. The quantitative estimate of drug-likeness (QED) is 0.366. The van der Waals surface area contributed by atoms with Crippen molar-refractivity contribution in [3.8, 4) is 23.0 Å². The normalized spacial score (nSPS) is 18.9. The lowest BCUT2D eigenvalue weighted by molar-refractivity contribution is 0.272. The molecule has 192 valence electrons. The van der Waals surface area contributed by atoms with Gasteiger partial charge in [-0.2, -0.15) is 15.1 Å². The minimum Gasteiger partial charge on any atom is -0.508 e. The zero-order valence-corrected chi connectivity index (χ0v) is 20.8. The number of aromatic hydroxyl groups is 1. The van der Waals surface area contributed by atoms with Crippen LogP contribution in [0.25, 0.3) is 32.9 Å². The van der Waals surface area contributed by atoms with E-state index in [-0.39, 0.29) is 29.6 Å². The fraction of sp³-hybridized carbons (Fsp3) is 0.286. The first kappa shape index (κ1) is 22.9. The maximum absolute atomic E-state index is 16.4. The van der Waals surface area contributed by atoms with Crippen molar-refractivity contribution < 1.29 is 14.2 Å². The van der Waals surface area contributed by atoms with Gasteiger partial charge >= 0.3 is 6.01 Å². The number of phenolic OH excluding ortho intramolecular Hbond substituents is 1. The Hall–Kier alpha value is -4.31. The molecule has 2 aliphatic heterocycles. The fourth-order valence-electron chi connectivity index (χ4n) is 5.66. The Morgan fingerprint density at radius 2 is 1.89 bits per heavy atom. The van der Waals surface area contributed by atoms with Crippen molar-refractivity contribution in [2.45, 2.75) is 31.5 Å². The van der Waals surface area contributed by atoms with Gasteiger partial charge in [0, 0.05) is 50.2 Å². The Morgan fingerprint density at radius 3 is 2.68 bits per heavy atom. The molecule has 10 heteroatoms. The second-order valence-corrected chi connectivity index (χ2v) is 10.0. The number of hydrogen-bond donors (Lipinski definition) is 2. The van der Waals surface area contributed by atoms with Gasteiger partial charge in [0.25, 0.3) is 0 Å². The summed E-state index contributed by atoms with van der Waals surface area (Å²) in [6.45, 7) is 1.74. The maximum atomic E-state index is 16.4. The van der Waals surface area contributed by atoms with Crippen molar-refractivity contribution in [3.05, 3.63) is 66.4 Å². The summed E-state index contributed by atoms with van der Waals surface area (Å²) in [5.74, 6) is 0.0809. The second-order valence-electron chi connectivity index (χ2n) is 10.0. The molecule has 38 heavy (non-hydrogen) atoms. The van der Waals surface area contributed by atoms with Crippen LogP contribution < -0.4 is 15.0 Å². The Bertz CT molecular complexity index is 1680. The monoisotopic (exact) mass is 511 g/mol. The molecule has 9 nitrogen and oxygen atoms in total. The zero-order valence-electron chi connectivity index (χ0n) is 20.8. The summed E-state index contributed by atoms with van der Waals surface area (Å²) in [5, 5.41) is 20.3. The molecule has 0 spiro atoms. The van der Waals surface area contributed by atoms with Crippen molar-refractivity contribution in [2.75, 3.05) is 18.0 Å². The number of nitrogens with one attached hydrogen (secondary N) is 1. The van der Waals surface area contributed by atoms with Gasteiger partial charge in [-0.3, -0.25) is 9.67 Å². The molecule has 2 N–H and O–H groups in total. The van der Waals surface area contributed by atoms with E-state index in [9.17, 15) is 5.11 Å². The average Bonchev–Trinajstić information content (AvgIpc) is 3.50. The summed E-state index contributed by atoms with van der Waals surface area (Å²) in [7, 11) is 1.83. The average molecular weight is 512 g/mol. The van der Waals surface area contributed by atoms with E-state index >= 15 is 4.39 Å². The molecule has 2 saturated heterocycles. The third kappa shape index (κ3) is 3.88. The topological polar surface area (TPSA) is 101 Å². The van der Waals surface area contributed by atoms with Crippen molar-refractivity contribution in [1.82, 2.24) is 30.0 Å². The summed E-state index contributed by atoms with van der Waals surface area (Å²) in [5.41, 5.74) is 1.60. The smallest absolute Gasteiger partial charge is 0.319 e. The van der Waals surface area contributed by atoms with Gasteiger partial charge in [0.15, 0.2) is 5.82 Å². The van der Waals surface area contributed by atoms with E-state index in [1.165, 1.54) is 6.07 Å². The predicted octanol–water partition coefficient (Wildman–Crippen LogP) is 3.94. The van der Waals surface area contributed by atoms with Crippen LogP contribution in [0.3, 0.4) is 0 Å². The lowest BCUT2D eigenvalue weighted by Gasteiger charge is -2.34. The SMILES string of the molecule is Cn1nccc1COc1nc(N2C[C@H]3CC[C@@H](C2)N3)c2cnc(-c3cc(O)cc4ccccc34)c(F)c2n1. The van der Waals surface area contributed by atoms with Crippen LogP contribution in [0.15, 0.2) is 54.9 Å². The highest BCUT2D eigenvalue weighted by Crippen LogP contribution is 2.37. The number of rotatable bonds is 5. The number of ether oxygens (including phenoxy) is 1. The number of pyridine rings is 1. The molecule has 0 radical (unpaired) electrons. The highest BCUT2D eigenvalue weighted by atomic mass is 19.1. The Labute approximate surface area is 217 Å². The molecular formula is C28H26FN7O2. The highest BCUT2D eigenvalue weighted by Gasteiger charge is 2.34. The standard InChI is InChI=1S/C28H26FN7O2/c1-35-19(8-9-31-35)15-38-28-33-26-23(27(34-28)36-13-17-6-7-18(14-36)32-17)12-30-25(24(26)29)22-11-20(37)10-16-4-2-3-5-21(16)22/h2-5,8-12,17-18,32,37H,6-7,13-15H2,1H3/t17-,18+. The van der Waals surface area contributed by atoms with Gasteiger partial charge in [-0.25, -0.2) is 4.39 Å². The summed E-state index contributed by atoms with van der Waals surface area (Å²) < 4.78 is 24.0. The number of aryl methyl sites for hydroxylation is 1. The van der Waals surface area contributed by atoms with Crippen LogP contribution in [0.4, 0.5) is 10.2 Å². The number of anilines is 1. The first-order chi connectivity index (χ1) is 18.5. The molecule has 0 saturated carbocycles. The zero-order chi connectivity index (χ0) is 25.8. The number of aromatic nitrogens is 5. The summed E-state index contributed by atoms with van der Waals surface area (Å²) >= 11 is 0. The van der Waals surface area contributed by atoms with Crippen LogP contribution in [0.1, 0.15) is 18.5 Å². The van der Waals surface area contributed by atoms with E-state index in [1.54, 1.807) is 23.1 Å². The van der Waals surface area contributed by atoms with Crippen molar-refractivity contribution in [3.63, 3.8) is 0 Å². The summed E-state index contributed by atoms with van der Waals surface area (Å²) in [4.78, 5) is 16.0. The molecule has 7 rings (SSSR count). The lowest BCUT2D eigenvalue weighted by Crippen LogP contribution is -2.51. The maximum Gasteiger partial charge on any atom is 0.319 e. The number of nitrogens with zero attached hydrogens (tertiary/aromatic N) is 6. The van der Waals surface area contributed by atoms with Gasteiger partial charge in [0.05, 0.1) is 11.1 Å². The molecule has 0 amide bonds. The minimum atomic E-state index is -0.578. The molecule has 3 aromatic heterocycles. The summed E-state index contributed by atoms with van der Waals surface area (Å²) in [6.07, 6.45) is 5.54. The number of fused-ring (bicyclic) bond motifs is 4. The minimum absolute atomic E-state index is 0.0415. The van der Waals surface area contributed by atoms with E-state index < -0.39 is 5.82 Å². The second kappa shape index (κ2) is 8.91.